The second-order valence-corrected chi connectivity index (χ2v) is 5.76. The number of aliphatic hydroxyl groups is 1. The van der Waals surface area contributed by atoms with Crippen LogP contribution in [0.1, 0.15) is 44.6 Å². The number of rotatable bonds is 6. The maximum absolute atomic E-state index is 12.2. The molecule has 1 unspecified atom stereocenters. The van der Waals surface area contributed by atoms with Crippen molar-refractivity contribution in [2.75, 3.05) is 18.5 Å². The number of hydrogen-bond donors (Lipinski definition) is 2. The van der Waals surface area contributed by atoms with Crippen molar-refractivity contribution in [3.05, 3.63) is 29.8 Å². The van der Waals surface area contributed by atoms with Crippen molar-refractivity contribution in [1.29, 1.82) is 0 Å². The van der Waals surface area contributed by atoms with Gasteiger partial charge < -0.3 is 15.3 Å². The number of carbonyl (C=O) groups is 1. The van der Waals surface area contributed by atoms with Gasteiger partial charge in [-0.25, -0.2) is 4.79 Å². The smallest absolute Gasteiger partial charge is 0.322 e. The van der Waals surface area contributed by atoms with Crippen LogP contribution in [-0.4, -0.2) is 35.2 Å². The molecule has 0 spiro atoms. The summed E-state index contributed by atoms with van der Waals surface area (Å²) in [6.07, 6.45) is 6.66. The van der Waals surface area contributed by atoms with Crippen LogP contribution in [0.4, 0.5) is 10.5 Å². The summed E-state index contributed by atoms with van der Waals surface area (Å²) in [4.78, 5) is 13.9. The molecule has 2 rings (SSSR count). The summed E-state index contributed by atoms with van der Waals surface area (Å²) < 4.78 is 0. The lowest BCUT2D eigenvalue weighted by Gasteiger charge is -2.23. The van der Waals surface area contributed by atoms with E-state index in [4.69, 9.17) is 0 Å². The fourth-order valence-electron chi connectivity index (χ4n) is 2.82. The van der Waals surface area contributed by atoms with E-state index in [2.05, 4.69) is 24.4 Å². The van der Waals surface area contributed by atoms with E-state index in [9.17, 15) is 9.90 Å². The first kappa shape index (κ1) is 15.8. The summed E-state index contributed by atoms with van der Waals surface area (Å²) in [6, 6.07) is 7.95. The molecule has 0 bridgehead atoms. The lowest BCUT2D eigenvalue weighted by atomic mass is 10.1. The summed E-state index contributed by atoms with van der Waals surface area (Å²) in [5, 5.41) is 12.2. The first-order valence-electron chi connectivity index (χ1n) is 8.02. The third-order valence-corrected chi connectivity index (χ3v) is 4.12. The Labute approximate surface area is 127 Å². The molecule has 0 saturated carbocycles. The molecule has 1 saturated heterocycles. The van der Waals surface area contributed by atoms with E-state index < -0.39 is 0 Å². The lowest BCUT2D eigenvalue weighted by molar-refractivity contribution is 0.166. The number of hydrogen-bond acceptors (Lipinski definition) is 2. The Kier molecular flexibility index (Phi) is 6.05. The van der Waals surface area contributed by atoms with Crippen LogP contribution in [0, 0.1) is 0 Å². The minimum atomic E-state index is -0.106. The molecule has 2 N–H and O–H groups in total. The van der Waals surface area contributed by atoms with Gasteiger partial charge in [-0.15, -0.1) is 0 Å². The van der Waals surface area contributed by atoms with Gasteiger partial charge in [0.1, 0.15) is 0 Å². The van der Waals surface area contributed by atoms with Crippen LogP contribution < -0.4 is 5.32 Å². The van der Waals surface area contributed by atoms with Gasteiger partial charge in [0.05, 0.1) is 12.6 Å². The summed E-state index contributed by atoms with van der Waals surface area (Å²) in [6.45, 7) is 2.98. The Morgan fingerprint density at radius 3 is 2.76 bits per heavy atom. The van der Waals surface area contributed by atoms with E-state index in [-0.39, 0.29) is 18.7 Å². The maximum atomic E-state index is 12.2. The number of likely N-dealkylation sites (tertiary alicyclic amines) is 1. The standard InChI is InChI=1S/C17H26N2O2/c1-2-3-4-6-14-8-10-15(11-9-14)18-17(21)19-12-5-7-16(19)13-20/h8-11,16,20H,2-7,12-13H2,1H3,(H,18,21). The van der Waals surface area contributed by atoms with Gasteiger partial charge in [-0.3, -0.25) is 0 Å². The largest absolute Gasteiger partial charge is 0.394 e. The summed E-state index contributed by atoms with van der Waals surface area (Å²) in [5.74, 6) is 0. The van der Waals surface area contributed by atoms with E-state index in [0.29, 0.717) is 0 Å². The van der Waals surface area contributed by atoms with Crippen molar-refractivity contribution in [1.82, 2.24) is 4.90 Å². The van der Waals surface area contributed by atoms with E-state index in [1.54, 1.807) is 4.90 Å². The zero-order chi connectivity index (χ0) is 15.1. The number of amides is 2. The van der Waals surface area contributed by atoms with Gasteiger partial charge in [-0.05, 0) is 43.4 Å². The fourth-order valence-corrected chi connectivity index (χ4v) is 2.82. The van der Waals surface area contributed by atoms with Gasteiger partial charge in [-0.1, -0.05) is 31.9 Å². The molecule has 0 radical (unpaired) electrons. The van der Waals surface area contributed by atoms with Gasteiger partial charge in [0.15, 0.2) is 0 Å². The average molecular weight is 290 g/mol. The molecular formula is C17H26N2O2. The Bertz CT molecular complexity index is 445. The number of unbranched alkanes of at least 4 members (excludes halogenated alkanes) is 2. The molecule has 1 heterocycles. The Hall–Kier alpha value is -1.55. The topological polar surface area (TPSA) is 52.6 Å². The fraction of sp³-hybridized carbons (Fsp3) is 0.588. The Balaban J connectivity index is 1.86. The predicted octanol–water partition coefficient (Wildman–Crippen LogP) is 3.41. The molecule has 1 aliphatic heterocycles. The molecule has 21 heavy (non-hydrogen) atoms. The number of urea groups is 1. The molecule has 2 amide bonds. The SMILES string of the molecule is CCCCCc1ccc(NC(=O)N2CCCC2CO)cc1. The van der Waals surface area contributed by atoms with Crippen molar-refractivity contribution >= 4 is 11.7 Å². The van der Waals surface area contributed by atoms with Crippen molar-refractivity contribution in [3.8, 4) is 0 Å². The van der Waals surface area contributed by atoms with E-state index >= 15 is 0 Å². The first-order chi connectivity index (χ1) is 10.2. The Morgan fingerprint density at radius 1 is 1.33 bits per heavy atom. The van der Waals surface area contributed by atoms with Crippen LogP contribution in [0.25, 0.3) is 0 Å². The van der Waals surface area contributed by atoms with Crippen molar-refractivity contribution in [3.63, 3.8) is 0 Å². The monoisotopic (exact) mass is 290 g/mol. The van der Waals surface area contributed by atoms with Gasteiger partial charge in [0.2, 0.25) is 0 Å². The van der Waals surface area contributed by atoms with Crippen molar-refractivity contribution < 1.29 is 9.90 Å². The molecule has 1 aromatic carbocycles. The molecule has 0 aromatic heterocycles. The number of nitrogens with one attached hydrogen (secondary N) is 1. The number of benzene rings is 1. The second kappa shape index (κ2) is 8.03. The quantitative estimate of drug-likeness (QED) is 0.789. The van der Waals surface area contributed by atoms with Crippen LogP contribution >= 0.6 is 0 Å². The first-order valence-corrected chi connectivity index (χ1v) is 8.02. The van der Waals surface area contributed by atoms with Gasteiger partial charge in [0.25, 0.3) is 0 Å². The highest BCUT2D eigenvalue weighted by molar-refractivity contribution is 5.89. The van der Waals surface area contributed by atoms with Crippen LogP contribution in [0.5, 0.6) is 0 Å². The summed E-state index contributed by atoms with van der Waals surface area (Å²) >= 11 is 0. The van der Waals surface area contributed by atoms with Gasteiger partial charge >= 0.3 is 6.03 Å². The third kappa shape index (κ3) is 4.46. The normalized spacial score (nSPS) is 18.0. The third-order valence-electron chi connectivity index (χ3n) is 4.12. The molecule has 1 fully saturated rings. The number of carbonyl (C=O) groups excluding carboxylic acids is 1. The highest BCUT2D eigenvalue weighted by Gasteiger charge is 2.27. The highest BCUT2D eigenvalue weighted by atomic mass is 16.3. The molecule has 4 heteroatoms. The molecule has 1 aliphatic rings. The number of anilines is 1. The van der Waals surface area contributed by atoms with Crippen molar-refractivity contribution in [2.24, 2.45) is 0 Å². The van der Waals surface area contributed by atoms with Crippen LogP contribution in [0.2, 0.25) is 0 Å². The van der Waals surface area contributed by atoms with Gasteiger partial charge in [0, 0.05) is 12.2 Å². The van der Waals surface area contributed by atoms with Gasteiger partial charge in [-0.2, -0.15) is 0 Å². The van der Waals surface area contributed by atoms with Crippen LogP contribution in [0.15, 0.2) is 24.3 Å². The number of aryl methyl sites for hydroxylation is 1. The Morgan fingerprint density at radius 2 is 2.10 bits per heavy atom. The van der Waals surface area contributed by atoms with Crippen LogP contribution in [-0.2, 0) is 6.42 Å². The van der Waals surface area contributed by atoms with Crippen LogP contribution in [0.3, 0.4) is 0 Å². The molecular weight excluding hydrogens is 264 g/mol. The molecule has 116 valence electrons. The van der Waals surface area contributed by atoms with E-state index in [0.717, 1.165) is 31.5 Å². The zero-order valence-electron chi connectivity index (χ0n) is 12.8. The van der Waals surface area contributed by atoms with Crippen molar-refractivity contribution in [2.45, 2.75) is 51.5 Å². The van der Waals surface area contributed by atoms with E-state index in [1.807, 2.05) is 12.1 Å². The minimum Gasteiger partial charge on any atom is -0.394 e. The highest BCUT2D eigenvalue weighted by Crippen LogP contribution is 2.19. The number of aliphatic hydroxyl groups excluding tert-OH is 1. The second-order valence-electron chi connectivity index (χ2n) is 5.76. The maximum Gasteiger partial charge on any atom is 0.322 e. The number of nitrogens with zero attached hydrogens (tertiary/aromatic N) is 1. The summed E-state index contributed by atoms with van der Waals surface area (Å²) in [5.41, 5.74) is 2.14. The van der Waals surface area contributed by atoms with E-state index in [1.165, 1.54) is 24.8 Å². The zero-order valence-corrected chi connectivity index (χ0v) is 12.8. The molecule has 1 atom stereocenters. The minimum absolute atomic E-state index is 0.0293. The summed E-state index contributed by atoms with van der Waals surface area (Å²) in [7, 11) is 0. The predicted molar refractivity (Wildman–Crippen MR) is 85.5 cm³/mol. The molecule has 4 nitrogen and oxygen atoms in total. The molecule has 0 aliphatic carbocycles. The lowest BCUT2D eigenvalue weighted by Crippen LogP contribution is -2.40. The average Bonchev–Trinajstić information content (AvgIpc) is 2.98. The molecule has 1 aromatic rings.